The molecular weight excluding hydrogens is 161 g/mol. The van der Waals surface area contributed by atoms with E-state index in [0.717, 1.165) is 0 Å². The summed E-state index contributed by atoms with van der Waals surface area (Å²) < 4.78 is 12.5. The highest BCUT2D eigenvalue weighted by atomic mass is 19.1. The van der Waals surface area contributed by atoms with Crippen LogP contribution in [-0.4, -0.2) is 41.8 Å². The van der Waals surface area contributed by atoms with Gasteiger partial charge in [-0.1, -0.05) is 0 Å². The van der Waals surface area contributed by atoms with E-state index >= 15 is 0 Å². The third-order valence-corrected chi connectivity index (χ3v) is 1.71. The molecule has 0 aromatic rings. The van der Waals surface area contributed by atoms with Crippen LogP contribution < -0.4 is 0 Å². The molecule has 0 aromatic heterocycles. The number of halogens is 1. The van der Waals surface area contributed by atoms with E-state index < -0.39 is 12.8 Å². The van der Waals surface area contributed by atoms with Gasteiger partial charge in [0.15, 0.2) is 0 Å². The summed E-state index contributed by atoms with van der Waals surface area (Å²) in [5, 5.41) is 8.37. The lowest BCUT2D eigenvalue weighted by Crippen LogP contribution is -2.32. The lowest BCUT2D eigenvalue weighted by Gasteiger charge is -2.18. The maximum Gasteiger partial charge on any atom is 0.225 e. The minimum atomic E-state index is -1.42. The van der Waals surface area contributed by atoms with Crippen molar-refractivity contribution < 1.29 is 14.3 Å². The Hall–Kier alpha value is -0.640. The van der Waals surface area contributed by atoms with Crippen molar-refractivity contribution in [2.45, 2.75) is 26.4 Å². The number of nitrogens with zero attached hydrogens (tertiary/aromatic N) is 1. The number of carbonyl (C=O) groups excluding carboxylic acids is 1. The lowest BCUT2D eigenvalue weighted by atomic mass is 10.2. The topological polar surface area (TPSA) is 40.5 Å². The molecule has 0 rings (SSSR count). The average Bonchev–Trinajstić information content (AvgIpc) is 2.06. The Morgan fingerprint density at radius 1 is 1.50 bits per heavy atom. The number of alkyl halides is 1. The van der Waals surface area contributed by atoms with Crippen LogP contribution in [0.15, 0.2) is 0 Å². The second-order valence-corrected chi connectivity index (χ2v) is 2.55. The van der Waals surface area contributed by atoms with Gasteiger partial charge in [0.05, 0.1) is 13.0 Å². The summed E-state index contributed by atoms with van der Waals surface area (Å²) in [6.07, 6.45) is -1.63. The number of aliphatic hydroxyl groups is 1. The van der Waals surface area contributed by atoms with Crippen LogP contribution in [0.4, 0.5) is 4.39 Å². The molecule has 0 aliphatic heterocycles. The number of aliphatic hydroxyl groups excluding tert-OH is 1. The second kappa shape index (κ2) is 5.94. The predicted molar refractivity (Wildman–Crippen MR) is 44.5 cm³/mol. The molecule has 0 aliphatic rings. The molecule has 0 aromatic carbocycles. The fourth-order valence-electron chi connectivity index (χ4n) is 0.959. The van der Waals surface area contributed by atoms with Crippen LogP contribution >= 0.6 is 0 Å². The third-order valence-electron chi connectivity index (χ3n) is 1.71. The first-order chi connectivity index (χ1) is 5.65. The Morgan fingerprint density at radius 3 is 2.33 bits per heavy atom. The molecule has 0 radical (unpaired) electrons. The standard InChI is InChI=1S/C8H16FNO2/c1-3-10(4-2)8(12)5-7(9)6-11/h7,11H,3-6H2,1-2H3/t7-/m0/s1. The Balaban J connectivity index is 3.84. The van der Waals surface area contributed by atoms with Gasteiger partial charge < -0.3 is 10.0 Å². The Labute approximate surface area is 72.2 Å². The number of rotatable bonds is 5. The zero-order valence-electron chi connectivity index (χ0n) is 7.59. The van der Waals surface area contributed by atoms with Crippen LogP contribution in [0.2, 0.25) is 0 Å². The van der Waals surface area contributed by atoms with E-state index in [0.29, 0.717) is 13.1 Å². The number of carbonyl (C=O) groups is 1. The zero-order valence-corrected chi connectivity index (χ0v) is 7.59. The van der Waals surface area contributed by atoms with Gasteiger partial charge >= 0.3 is 0 Å². The van der Waals surface area contributed by atoms with Gasteiger partial charge in [0, 0.05) is 13.1 Å². The molecule has 1 amide bonds. The van der Waals surface area contributed by atoms with Gasteiger partial charge in [0.2, 0.25) is 5.91 Å². The van der Waals surface area contributed by atoms with Crippen molar-refractivity contribution in [3.05, 3.63) is 0 Å². The van der Waals surface area contributed by atoms with Crippen molar-refractivity contribution in [2.75, 3.05) is 19.7 Å². The van der Waals surface area contributed by atoms with Crippen LogP contribution in [0.1, 0.15) is 20.3 Å². The van der Waals surface area contributed by atoms with Gasteiger partial charge in [-0.05, 0) is 13.8 Å². The summed E-state index contributed by atoms with van der Waals surface area (Å²) in [5.74, 6) is -0.235. The summed E-state index contributed by atoms with van der Waals surface area (Å²) >= 11 is 0. The smallest absolute Gasteiger partial charge is 0.225 e. The highest BCUT2D eigenvalue weighted by molar-refractivity contribution is 5.76. The monoisotopic (exact) mass is 177 g/mol. The highest BCUT2D eigenvalue weighted by Gasteiger charge is 2.15. The van der Waals surface area contributed by atoms with Gasteiger partial charge in [-0.2, -0.15) is 0 Å². The molecule has 0 bridgehead atoms. The molecule has 0 saturated heterocycles. The minimum Gasteiger partial charge on any atom is -0.393 e. The SMILES string of the molecule is CCN(CC)C(=O)C[C@H](F)CO. The van der Waals surface area contributed by atoms with E-state index in [-0.39, 0.29) is 12.3 Å². The van der Waals surface area contributed by atoms with Gasteiger partial charge in [0.1, 0.15) is 6.17 Å². The molecule has 1 N–H and O–H groups in total. The highest BCUT2D eigenvalue weighted by Crippen LogP contribution is 2.01. The van der Waals surface area contributed by atoms with Crippen molar-refractivity contribution in [1.82, 2.24) is 4.90 Å². The molecule has 0 fully saturated rings. The van der Waals surface area contributed by atoms with E-state index in [1.165, 1.54) is 0 Å². The van der Waals surface area contributed by atoms with Crippen molar-refractivity contribution in [1.29, 1.82) is 0 Å². The second-order valence-electron chi connectivity index (χ2n) is 2.55. The van der Waals surface area contributed by atoms with E-state index in [1.807, 2.05) is 13.8 Å². The summed E-state index contributed by atoms with van der Waals surface area (Å²) in [6.45, 7) is 4.29. The van der Waals surface area contributed by atoms with Crippen LogP contribution in [0.25, 0.3) is 0 Å². The zero-order chi connectivity index (χ0) is 9.56. The molecule has 12 heavy (non-hydrogen) atoms. The largest absolute Gasteiger partial charge is 0.393 e. The molecule has 0 saturated carbocycles. The first-order valence-electron chi connectivity index (χ1n) is 4.18. The number of hydrogen-bond donors (Lipinski definition) is 1. The first kappa shape index (κ1) is 11.4. The summed E-state index contributed by atoms with van der Waals surface area (Å²) in [7, 11) is 0. The van der Waals surface area contributed by atoms with E-state index in [4.69, 9.17) is 5.11 Å². The van der Waals surface area contributed by atoms with Gasteiger partial charge in [-0.3, -0.25) is 4.79 Å². The van der Waals surface area contributed by atoms with Crippen molar-refractivity contribution in [3.63, 3.8) is 0 Å². The maximum atomic E-state index is 12.5. The van der Waals surface area contributed by atoms with E-state index in [9.17, 15) is 9.18 Å². The van der Waals surface area contributed by atoms with Gasteiger partial charge in [-0.15, -0.1) is 0 Å². The third kappa shape index (κ3) is 3.67. The number of amides is 1. The molecule has 4 heteroatoms. The maximum absolute atomic E-state index is 12.5. The molecule has 0 unspecified atom stereocenters. The van der Waals surface area contributed by atoms with Crippen LogP contribution in [0.5, 0.6) is 0 Å². The summed E-state index contributed by atoms with van der Waals surface area (Å²) in [5.41, 5.74) is 0. The molecule has 0 aliphatic carbocycles. The fraction of sp³-hybridized carbons (Fsp3) is 0.875. The van der Waals surface area contributed by atoms with Crippen LogP contribution in [0.3, 0.4) is 0 Å². The first-order valence-corrected chi connectivity index (χ1v) is 4.18. The molecule has 0 heterocycles. The molecule has 3 nitrogen and oxygen atoms in total. The molecule has 1 atom stereocenters. The summed E-state index contributed by atoms with van der Waals surface area (Å²) in [6, 6.07) is 0. The van der Waals surface area contributed by atoms with Gasteiger partial charge in [0.25, 0.3) is 0 Å². The number of hydrogen-bond acceptors (Lipinski definition) is 2. The van der Waals surface area contributed by atoms with E-state index in [1.54, 1.807) is 4.90 Å². The molecular formula is C8H16FNO2. The van der Waals surface area contributed by atoms with Crippen molar-refractivity contribution in [3.8, 4) is 0 Å². The van der Waals surface area contributed by atoms with E-state index in [2.05, 4.69) is 0 Å². The normalized spacial score (nSPS) is 12.7. The van der Waals surface area contributed by atoms with Crippen molar-refractivity contribution >= 4 is 5.91 Å². The predicted octanol–water partition coefficient (Wildman–Crippen LogP) is 0.575. The van der Waals surface area contributed by atoms with Crippen LogP contribution in [0, 0.1) is 0 Å². The quantitative estimate of drug-likeness (QED) is 0.667. The minimum absolute atomic E-state index is 0.210. The Bertz CT molecular complexity index is 137. The summed E-state index contributed by atoms with van der Waals surface area (Å²) in [4.78, 5) is 12.7. The molecule has 72 valence electrons. The average molecular weight is 177 g/mol. The Kier molecular flexibility index (Phi) is 5.62. The Morgan fingerprint density at radius 2 is 2.00 bits per heavy atom. The lowest BCUT2D eigenvalue weighted by molar-refractivity contribution is -0.132. The van der Waals surface area contributed by atoms with Gasteiger partial charge in [-0.25, -0.2) is 4.39 Å². The fourth-order valence-corrected chi connectivity index (χ4v) is 0.959. The van der Waals surface area contributed by atoms with Crippen molar-refractivity contribution in [2.24, 2.45) is 0 Å². The molecule has 0 spiro atoms. The van der Waals surface area contributed by atoms with Crippen LogP contribution in [-0.2, 0) is 4.79 Å².